The van der Waals surface area contributed by atoms with Crippen LogP contribution in [0, 0.1) is 0 Å². The van der Waals surface area contributed by atoms with Crippen molar-refractivity contribution in [2.45, 2.75) is 6.92 Å². The van der Waals surface area contributed by atoms with Gasteiger partial charge in [-0.15, -0.1) is 0 Å². The van der Waals surface area contributed by atoms with Gasteiger partial charge in [-0.3, -0.25) is 5.10 Å². The summed E-state index contributed by atoms with van der Waals surface area (Å²) in [5, 5.41) is 8.05. The van der Waals surface area contributed by atoms with Gasteiger partial charge in [0.25, 0.3) is 0 Å². The van der Waals surface area contributed by atoms with Crippen molar-refractivity contribution in [1.29, 1.82) is 0 Å². The predicted molar refractivity (Wildman–Crippen MR) is 76.5 cm³/mol. The van der Waals surface area contributed by atoms with E-state index in [4.69, 9.17) is 4.74 Å². The lowest BCUT2D eigenvalue weighted by molar-refractivity contribution is 0.0519. The summed E-state index contributed by atoms with van der Waals surface area (Å²) >= 11 is 0. The third kappa shape index (κ3) is 1.97. The zero-order valence-electron chi connectivity index (χ0n) is 11.4. The van der Waals surface area contributed by atoms with Gasteiger partial charge in [-0.05, 0) is 19.1 Å². The number of para-hydroxylation sites is 1. The number of aromatic nitrogens is 3. The van der Waals surface area contributed by atoms with Crippen molar-refractivity contribution in [2.75, 3.05) is 6.61 Å². The van der Waals surface area contributed by atoms with E-state index in [-0.39, 0.29) is 5.97 Å². The van der Waals surface area contributed by atoms with Crippen LogP contribution in [0.15, 0.2) is 36.5 Å². The van der Waals surface area contributed by atoms with Crippen molar-refractivity contribution in [3.63, 3.8) is 0 Å². The second-order valence-corrected chi connectivity index (χ2v) is 4.56. The number of carbonyl (C=O) groups excluding carboxylic acids is 1. The van der Waals surface area contributed by atoms with E-state index in [1.165, 1.54) is 0 Å². The number of hydrogen-bond acceptors (Lipinski definition) is 3. The third-order valence-corrected chi connectivity index (χ3v) is 3.25. The molecule has 1 N–H and O–H groups in total. The zero-order valence-corrected chi connectivity index (χ0v) is 11.4. The van der Waals surface area contributed by atoms with Crippen LogP contribution in [0.5, 0.6) is 0 Å². The van der Waals surface area contributed by atoms with Gasteiger partial charge in [0.05, 0.1) is 12.3 Å². The van der Waals surface area contributed by atoms with E-state index in [9.17, 15) is 4.79 Å². The number of hydrogen-bond donors (Lipinski definition) is 1. The summed E-state index contributed by atoms with van der Waals surface area (Å²) in [7, 11) is 1.99. The molecule has 3 aromatic rings. The summed E-state index contributed by atoms with van der Waals surface area (Å²) in [4.78, 5) is 11.7. The molecule has 5 nitrogen and oxygen atoms in total. The fourth-order valence-corrected chi connectivity index (χ4v) is 2.32. The SMILES string of the molecule is CCOC(=O)c1cc(-c2cn(C)c3ccccc23)n[nH]1. The van der Waals surface area contributed by atoms with Gasteiger partial charge in [0.15, 0.2) is 0 Å². The number of ether oxygens (including phenoxy) is 1. The van der Waals surface area contributed by atoms with Crippen LogP contribution in [0.4, 0.5) is 0 Å². The molecular weight excluding hydrogens is 254 g/mol. The van der Waals surface area contributed by atoms with Crippen molar-refractivity contribution in [3.8, 4) is 11.3 Å². The molecule has 0 fully saturated rings. The van der Waals surface area contributed by atoms with Crippen LogP contribution < -0.4 is 0 Å². The van der Waals surface area contributed by atoms with Crippen molar-refractivity contribution in [2.24, 2.45) is 7.05 Å². The van der Waals surface area contributed by atoms with E-state index in [1.807, 2.05) is 36.0 Å². The molecule has 20 heavy (non-hydrogen) atoms. The average Bonchev–Trinajstić information content (AvgIpc) is 3.05. The highest BCUT2D eigenvalue weighted by Gasteiger charge is 2.15. The van der Waals surface area contributed by atoms with Crippen LogP contribution in [0.3, 0.4) is 0 Å². The second-order valence-electron chi connectivity index (χ2n) is 4.56. The Bertz CT molecular complexity index is 770. The topological polar surface area (TPSA) is 59.9 Å². The summed E-state index contributed by atoms with van der Waals surface area (Å²) < 4.78 is 7.00. The van der Waals surface area contributed by atoms with Crippen LogP contribution in [-0.2, 0) is 11.8 Å². The second kappa shape index (κ2) is 4.85. The quantitative estimate of drug-likeness (QED) is 0.744. The molecule has 0 aliphatic heterocycles. The van der Waals surface area contributed by atoms with E-state index >= 15 is 0 Å². The first kappa shape index (κ1) is 12.5. The van der Waals surface area contributed by atoms with Crippen molar-refractivity contribution >= 4 is 16.9 Å². The molecule has 0 radical (unpaired) electrons. The van der Waals surface area contributed by atoms with Gasteiger partial charge in [-0.25, -0.2) is 4.79 Å². The maximum absolute atomic E-state index is 11.7. The highest BCUT2D eigenvalue weighted by atomic mass is 16.5. The Labute approximate surface area is 116 Å². The lowest BCUT2D eigenvalue weighted by atomic mass is 10.1. The van der Waals surface area contributed by atoms with Gasteiger partial charge in [0.2, 0.25) is 0 Å². The highest BCUT2D eigenvalue weighted by molar-refractivity contribution is 5.96. The first-order valence-electron chi connectivity index (χ1n) is 6.47. The molecule has 1 aromatic carbocycles. The van der Waals surface area contributed by atoms with Crippen molar-refractivity contribution in [3.05, 3.63) is 42.2 Å². The summed E-state index contributed by atoms with van der Waals surface area (Å²) in [6.45, 7) is 2.13. The maximum atomic E-state index is 11.7. The van der Waals surface area contributed by atoms with Crippen molar-refractivity contribution in [1.82, 2.24) is 14.8 Å². The lowest BCUT2D eigenvalue weighted by Crippen LogP contribution is -2.04. The zero-order chi connectivity index (χ0) is 14.1. The van der Waals surface area contributed by atoms with Crippen LogP contribution in [0.25, 0.3) is 22.2 Å². The minimum absolute atomic E-state index is 0.349. The molecule has 3 rings (SSSR count). The molecule has 0 bridgehead atoms. The third-order valence-electron chi connectivity index (χ3n) is 3.25. The molecular formula is C15H15N3O2. The maximum Gasteiger partial charge on any atom is 0.356 e. The standard InChI is InChI=1S/C15H15N3O2/c1-3-20-15(19)13-8-12(16-17-13)11-9-18(2)14-7-5-4-6-10(11)14/h4-9H,3H2,1-2H3,(H,16,17). The molecule has 0 atom stereocenters. The fraction of sp³-hybridized carbons (Fsp3) is 0.200. The Morgan fingerprint density at radius 1 is 1.40 bits per heavy atom. The lowest BCUT2D eigenvalue weighted by Gasteiger charge is -1.96. The highest BCUT2D eigenvalue weighted by Crippen LogP contribution is 2.29. The largest absolute Gasteiger partial charge is 0.461 e. The van der Waals surface area contributed by atoms with Crippen LogP contribution >= 0.6 is 0 Å². The van der Waals surface area contributed by atoms with Crippen LogP contribution in [-0.4, -0.2) is 27.3 Å². The Hall–Kier alpha value is -2.56. The summed E-state index contributed by atoms with van der Waals surface area (Å²) in [6.07, 6.45) is 2.01. The number of H-pyrrole nitrogens is 1. The van der Waals surface area contributed by atoms with Gasteiger partial charge >= 0.3 is 5.97 Å². The number of aromatic amines is 1. The Kier molecular flexibility index (Phi) is 3.02. The number of aryl methyl sites for hydroxylation is 1. The summed E-state index contributed by atoms with van der Waals surface area (Å²) in [5.74, 6) is -0.383. The first-order valence-corrected chi connectivity index (χ1v) is 6.47. The Morgan fingerprint density at radius 2 is 2.20 bits per heavy atom. The molecule has 5 heteroatoms. The van der Waals surface area contributed by atoms with Gasteiger partial charge in [-0.1, -0.05) is 18.2 Å². The Morgan fingerprint density at radius 3 is 3.00 bits per heavy atom. The fourth-order valence-electron chi connectivity index (χ4n) is 2.32. The van der Waals surface area contributed by atoms with E-state index in [2.05, 4.69) is 16.3 Å². The molecule has 0 saturated heterocycles. The minimum Gasteiger partial charge on any atom is -0.461 e. The molecule has 2 heterocycles. The number of benzene rings is 1. The molecule has 0 aliphatic rings. The van der Waals surface area contributed by atoms with E-state index in [0.717, 1.165) is 22.2 Å². The first-order chi connectivity index (χ1) is 9.70. The molecule has 0 spiro atoms. The number of fused-ring (bicyclic) bond motifs is 1. The smallest absolute Gasteiger partial charge is 0.356 e. The molecule has 0 saturated carbocycles. The van der Waals surface area contributed by atoms with Gasteiger partial charge in [0.1, 0.15) is 5.69 Å². The Balaban J connectivity index is 2.06. The summed E-state index contributed by atoms with van der Waals surface area (Å²) in [6, 6.07) is 9.81. The summed E-state index contributed by atoms with van der Waals surface area (Å²) in [5.41, 5.74) is 3.23. The average molecular weight is 269 g/mol. The number of rotatable bonds is 3. The van der Waals surface area contributed by atoms with Gasteiger partial charge in [-0.2, -0.15) is 5.10 Å². The van der Waals surface area contributed by atoms with E-state index in [0.29, 0.717) is 12.3 Å². The molecule has 2 aromatic heterocycles. The molecule has 102 valence electrons. The molecule has 0 aliphatic carbocycles. The number of nitrogens with zero attached hydrogens (tertiary/aromatic N) is 2. The van der Waals surface area contributed by atoms with Crippen LogP contribution in [0.2, 0.25) is 0 Å². The van der Waals surface area contributed by atoms with E-state index in [1.54, 1.807) is 13.0 Å². The van der Waals surface area contributed by atoms with Crippen LogP contribution in [0.1, 0.15) is 17.4 Å². The normalized spacial score (nSPS) is 10.9. The van der Waals surface area contributed by atoms with Gasteiger partial charge in [0, 0.05) is 29.7 Å². The predicted octanol–water partition coefficient (Wildman–Crippen LogP) is 2.75. The number of carbonyl (C=O) groups is 1. The molecule has 0 amide bonds. The molecule has 0 unspecified atom stereocenters. The van der Waals surface area contributed by atoms with E-state index < -0.39 is 0 Å². The monoisotopic (exact) mass is 269 g/mol. The number of nitrogens with one attached hydrogen (secondary N) is 1. The number of esters is 1. The minimum atomic E-state index is -0.383. The van der Waals surface area contributed by atoms with Crippen molar-refractivity contribution < 1.29 is 9.53 Å². The van der Waals surface area contributed by atoms with Gasteiger partial charge < -0.3 is 9.30 Å².